The van der Waals surface area contributed by atoms with Crippen LogP contribution < -0.4 is 5.32 Å². The summed E-state index contributed by atoms with van der Waals surface area (Å²) in [5.41, 5.74) is 2.68. The molecule has 0 unspecified atom stereocenters. The van der Waals surface area contributed by atoms with Gasteiger partial charge < -0.3 is 15.5 Å². The summed E-state index contributed by atoms with van der Waals surface area (Å²) in [5.74, 6) is -0.764. The Morgan fingerprint density at radius 3 is 2.68 bits per heavy atom. The third-order valence-electron chi connectivity index (χ3n) is 3.23. The van der Waals surface area contributed by atoms with Crippen LogP contribution in [0.1, 0.15) is 5.69 Å². The summed E-state index contributed by atoms with van der Waals surface area (Å²) < 4.78 is 0. The highest BCUT2D eigenvalue weighted by atomic mass is 16.4. The quantitative estimate of drug-likeness (QED) is 0.687. The summed E-state index contributed by atoms with van der Waals surface area (Å²) >= 11 is 0. The predicted molar refractivity (Wildman–Crippen MR) is 84.5 cm³/mol. The molecule has 3 N–H and O–H groups in total. The number of carbonyl (C=O) groups is 1. The van der Waals surface area contributed by atoms with Crippen LogP contribution in [0.4, 0.5) is 11.4 Å². The molecule has 1 aromatic heterocycles. The molecule has 5 heteroatoms. The maximum absolute atomic E-state index is 10.9. The molecule has 110 valence electrons. The van der Waals surface area contributed by atoms with Crippen LogP contribution in [0.5, 0.6) is 5.75 Å². The van der Waals surface area contributed by atoms with Gasteiger partial charge in [0, 0.05) is 22.8 Å². The van der Waals surface area contributed by atoms with Crippen molar-refractivity contribution >= 4 is 28.2 Å². The molecule has 0 amide bonds. The number of carboxylic acid groups (broad SMARTS) is 1. The van der Waals surface area contributed by atoms with Crippen molar-refractivity contribution in [2.45, 2.75) is 6.42 Å². The normalized spacial score (nSPS) is 10.5. The number of nitrogens with zero attached hydrogens (tertiary/aromatic N) is 1. The monoisotopic (exact) mass is 294 g/mol. The van der Waals surface area contributed by atoms with Crippen molar-refractivity contribution in [1.29, 1.82) is 0 Å². The van der Waals surface area contributed by atoms with E-state index < -0.39 is 5.97 Å². The van der Waals surface area contributed by atoms with Crippen molar-refractivity contribution in [2.24, 2.45) is 0 Å². The number of phenolic OH excluding ortho intramolecular Hbond substituents is 1. The highest BCUT2D eigenvalue weighted by Crippen LogP contribution is 2.27. The van der Waals surface area contributed by atoms with Crippen LogP contribution in [0, 0.1) is 0 Å². The molecule has 5 nitrogen and oxygen atoms in total. The van der Waals surface area contributed by atoms with E-state index in [1.54, 1.807) is 24.3 Å². The fourth-order valence-corrected chi connectivity index (χ4v) is 2.32. The molecule has 2 aromatic carbocycles. The number of aromatic hydroxyl groups is 1. The Bertz CT molecular complexity index is 846. The van der Waals surface area contributed by atoms with Gasteiger partial charge in [0.1, 0.15) is 5.75 Å². The number of aromatic nitrogens is 1. The Hall–Kier alpha value is -3.08. The number of rotatable bonds is 4. The van der Waals surface area contributed by atoms with Crippen LogP contribution in [-0.4, -0.2) is 21.2 Å². The molecule has 0 aliphatic carbocycles. The molecular formula is C17H14N2O3. The van der Waals surface area contributed by atoms with Crippen molar-refractivity contribution < 1.29 is 15.0 Å². The van der Waals surface area contributed by atoms with Gasteiger partial charge in [-0.25, -0.2) is 0 Å². The molecule has 0 aliphatic rings. The number of carboxylic acids is 1. The van der Waals surface area contributed by atoms with Crippen LogP contribution >= 0.6 is 0 Å². The lowest BCUT2D eigenvalue weighted by Crippen LogP contribution is -2.04. The van der Waals surface area contributed by atoms with Crippen LogP contribution in [0.3, 0.4) is 0 Å². The second kappa shape index (κ2) is 5.73. The first-order valence-electron chi connectivity index (χ1n) is 6.78. The fraction of sp³-hybridized carbons (Fsp3) is 0.0588. The molecule has 0 saturated heterocycles. The van der Waals surface area contributed by atoms with Gasteiger partial charge in [0.25, 0.3) is 0 Å². The number of fused-ring (bicyclic) bond motifs is 1. The number of nitrogens with one attached hydrogen (secondary N) is 1. The van der Waals surface area contributed by atoms with Gasteiger partial charge >= 0.3 is 5.97 Å². The van der Waals surface area contributed by atoms with Crippen molar-refractivity contribution in [2.75, 3.05) is 5.32 Å². The molecule has 1 heterocycles. The second-order valence-corrected chi connectivity index (χ2v) is 4.92. The van der Waals surface area contributed by atoms with Crippen molar-refractivity contribution in [3.63, 3.8) is 0 Å². The summed E-state index contributed by atoms with van der Waals surface area (Å²) in [4.78, 5) is 15.3. The summed E-state index contributed by atoms with van der Waals surface area (Å²) in [6.45, 7) is 0. The molecule has 3 rings (SSSR count). The van der Waals surface area contributed by atoms with E-state index in [-0.39, 0.29) is 12.2 Å². The van der Waals surface area contributed by atoms with E-state index in [1.165, 1.54) is 0 Å². The smallest absolute Gasteiger partial charge is 0.309 e. The molecule has 0 spiro atoms. The molecule has 0 atom stereocenters. The average molecular weight is 294 g/mol. The third kappa shape index (κ3) is 2.98. The number of pyridine rings is 1. The molecule has 0 fully saturated rings. The first kappa shape index (κ1) is 13.9. The Kier molecular flexibility index (Phi) is 3.62. The fourth-order valence-electron chi connectivity index (χ4n) is 2.32. The van der Waals surface area contributed by atoms with Gasteiger partial charge in [-0.05, 0) is 24.3 Å². The van der Waals surface area contributed by atoms with Crippen LogP contribution in [0.15, 0.2) is 54.6 Å². The Labute approximate surface area is 126 Å². The number of hydrogen-bond donors (Lipinski definition) is 3. The van der Waals surface area contributed by atoms with E-state index in [4.69, 9.17) is 5.11 Å². The lowest BCUT2D eigenvalue weighted by atomic mass is 10.1. The standard InChI is InChI=1S/C17H14N2O3/c20-13-5-3-4-11(8-13)18-16-9-12(10-17(21)22)19-15-7-2-1-6-14(15)16/h1-9,20H,10H2,(H,18,19)(H,21,22). The van der Waals surface area contributed by atoms with Gasteiger partial charge in [0.2, 0.25) is 0 Å². The second-order valence-electron chi connectivity index (χ2n) is 4.92. The number of aliphatic carboxylic acids is 1. The maximum atomic E-state index is 10.9. The third-order valence-corrected chi connectivity index (χ3v) is 3.23. The number of hydrogen-bond acceptors (Lipinski definition) is 4. The van der Waals surface area contributed by atoms with E-state index in [1.807, 2.05) is 30.3 Å². The van der Waals surface area contributed by atoms with Gasteiger partial charge in [-0.3, -0.25) is 9.78 Å². The summed E-state index contributed by atoms with van der Waals surface area (Å²) in [6.07, 6.45) is -0.139. The molecule has 22 heavy (non-hydrogen) atoms. The molecule has 0 bridgehead atoms. The topological polar surface area (TPSA) is 82.5 Å². The van der Waals surface area contributed by atoms with E-state index in [0.717, 1.165) is 22.3 Å². The van der Waals surface area contributed by atoms with Gasteiger partial charge in [0.05, 0.1) is 17.6 Å². The van der Waals surface area contributed by atoms with Crippen molar-refractivity contribution in [3.8, 4) is 5.75 Å². The van der Waals surface area contributed by atoms with Gasteiger partial charge in [-0.2, -0.15) is 0 Å². The van der Waals surface area contributed by atoms with Crippen molar-refractivity contribution in [1.82, 2.24) is 4.98 Å². The minimum absolute atomic E-state index is 0.139. The van der Waals surface area contributed by atoms with E-state index in [2.05, 4.69) is 10.3 Å². The maximum Gasteiger partial charge on any atom is 0.309 e. The number of phenols is 1. The minimum Gasteiger partial charge on any atom is -0.508 e. The Morgan fingerprint density at radius 1 is 1.09 bits per heavy atom. The van der Waals surface area contributed by atoms with Crippen LogP contribution in [-0.2, 0) is 11.2 Å². The first-order valence-corrected chi connectivity index (χ1v) is 6.78. The highest BCUT2D eigenvalue weighted by molar-refractivity contribution is 5.93. The average Bonchev–Trinajstić information content (AvgIpc) is 2.46. The molecule has 0 saturated carbocycles. The lowest BCUT2D eigenvalue weighted by Gasteiger charge is -2.11. The molecular weight excluding hydrogens is 280 g/mol. The zero-order valence-electron chi connectivity index (χ0n) is 11.7. The largest absolute Gasteiger partial charge is 0.508 e. The molecule has 0 radical (unpaired) electrons. The van der Waals surface area contributed by atoms with Gasteiger partial charge in [-0.15, -0.1) is 0 Å². The van der Waals surface area contributed by atoms with E-state index >= 15 is 0 Å². The number of para-hydroxylation sites is 1. The lowest BCUT2D eigenvalue weighted by molar-refractivity contribution is -0.136. The zero-order valence-corrected chi connectivity index (χ0v) is 11.7. The minimum atomic E-state index is -0.925. The van der Waals surface area contributed by atoms with Crippen molar-refractivity contribution in [3.05, 3.63) is 60.3 Å². The summed E-state index contributed by atoms with van der Waals surface area (Å²) in [7, 11) is 0. The SMILES string of the molecule is O=C(O)Cc1cc(Nc2cccc(O)c2)c2ccccc2n1. The van der Waals surface area contributed by atoms with Gasteiger partial charge in [-0.1, -0.05) is 24.3 Å². The first-order chi connectivity index (χ1) is 10.6. The molecule has 0 aliphatic heterocycles. The van der Waals surface area contributed by atoms with Crippen LogP contribution in [0.2, 0.25) is 0 Å². The Balaban J connectivity index is 2.07. The summed E-state index contributed by atoms with van der Waals surface area (Å²) in [5, 5.41) is 22.6. The highest BCUT2D eigenvalue weighted by Gasteiger charge is 2.09. The van der Waals surface area contributed by atoms with E-state index in [0.29, 0.717) is 5.69 Å². The summed E-state index contributed by atoms with van der Waals surface area (Å²) in [6, 6.07) is 16.0. The molecule has 3 aromatic rings. The van der Waals surface area contributed by atoms with Gasteiger partial charge in [0.15, 0.2) is 0 Å². The zero-order chi connectivity index (χ0) is 15.5. The Morgan fingerprint density at radius 2 is 1.91 bits per heavy atom. The predicted octanol–water partition coefficient (Wildman–Crippen LogP) is 3.31. The van der Waals surface area contributed by atoms with Crippen LogP contribution in [0.25, 0.3) is 10.9 Å². The number of benzene rings is 2. The van der Waals surface area contributed by atoms with E-state index in [9.17, 15) is 9.90 Å². The number of anilines is 2.